The molecule has 1 amide bonds. The van der Waals surface area contributed by atoms with E-state index in [1.54, 1.807) is 0 Å². The van der Waals surface area contributed by atoms with Gasteiger partial charge in [0.1, 0.15) is 0 Å². The van der Waals surface area contributed by atoms with Gasteiger partial charge >= 0.3 is 5.69 Å². The summed E-state index contributed by atoms with van der Waals surface area (Å²) in [7, 11) is 0. The Labute approximate surface area is 103 Å². The highest BCUT2D eigenvalue weighted by atomic mass is 16.3. The highest BCUT2D eigenvalue weighted by molar-refractivity contribution is 5.78. The van der Waals surface area contributed by atoms with Crippen LogP contribution in [0.25, 0.3) is 0 Å². The number of nitrogens with one attached hydrogen (secondary N) is 3. The first-order chi connectivity index (χ1) is 8.51. The topological polar surface area (TPSA) is 115 Å². The highest BCUT2D eigenvalue weighted by Crippen LogP contribution is 1.96. The molecule has 0 radical (unpaired) electrons. The molecule has 0 spiro atoms. The normalized spacial score (nSPS) is 12.1. The monoisotopic (exact) mass is 255 g/mol. The number of hydrogen-bond acceptors (Lipinski definition) is 4. The maximum absolute atomic E-state index is 11.6. The van der Waals surface area contributed by atoms with Gasteiger partial charge in [-0.25, -0.2) is 4.79 Å². The van der Waals surface area contributed by atoms with Gasteiger partial charge in [0.25, 0.3) is 5.56 Å². The zero-order valence-corrected chi connectivity index (χ0v) is 10.2. The average Bonchev–Trinajstić information content (AvgIpc) is 2.24. The lowest BCUT2D eigenvalue weighted by molar-refractivity contribution is -0.121. The van der Waals surface area contributed by atoms with Crippen molar-refractivity contribution in [2.75, 3.05) is 6.61 Å². The lowest BCUT2D eigenvalue weighted by atomic mass is 10.2. The van der Waals surface area contributed by atoms with Crippen molar-refractivity contribution in [3.8, 4) is 0 Å². The molecule has 1 atom stereocenters. The lowest BCUT2D eigenvalue weighted by Gasteiger charge is -2.12. The Morgan fingerprint density at radius 2 is 2.17 bits per heavy atom. The molecule has 0 aromatic carbocycles. The highest BCUT2D eigenvalue weighted by Gasteiger charge is 2.09. The molecule has 0 saturated heterocycles. The summed E-state index contributed by atoms with van der Waals surface area (Å²) in [6.07, 6.45) is 1.24. The van der Waals surface area contributed by atoms with Crippen LogP contribution in [0.5, 0.6) is 0 Å². The standard InChI is InChI=1S/C11H17N3O4/c1-7(3-2-4-15)12-9(16)5-8-6-10(17)14-11(18)13-8/h6-7,15H,2-5H2,1H3,(H,12,16)(H2,13,14,17,18). The van der Waals surface area contributed by atoms with E-state index in [0.29, 0.717) is 12.8 Å². The minimum absolute atomic E-state index is 0.0530. The second kappa shape index (κ2) is 6.75. The van der Waals surface area contributed by atoms with E-state index in [-0.39, 0.29) is 30.7 Å². The summed E-state index contributed by atoms with van der Waals surface area (Å²) in [5.41, 5.74) is -0.885. The van der Waals surface area contributed by atoms with E-state index in [1.165, 1.54) is 6.07 Å². The number of aromatic nitrogens is 2. The third-order valence-corrected chi connectivity index (χ3v) is 2.37. The molecule has 4 N–H and O–H groups in total. The van der Waals surface area contributed by atoms with E-state index in [9.17, 15) is 14.4 Å². The number of aliphatic hydroxyl groups is 1. The minimum Gasteiger partial charge on any atom is -0.396 e. The Kier molecular flexibility index (Phi) is 5.31. The summed E-state index contributed by atoms with van der Waals surface area (Å²) in [6, 6.07) is 1.12. The van der Waals surface area contributed by atoms with E-state index >= 15 is 0 Å². The van der Waals surface area contributed by atoms with Gasteiger partial charge in [-0.05, 0) is 19.8 Å². The Hall–Kier alpha value is -1.89. The Morgan fingerprint density at radius 1 is 1.44 bits per heavy atom. The van der Waals surface area contributed by atoms with Crippen molar-refractivity contribution in [1.82, 2.24) is 15.3 Å². The van der Waals surface area contributed by atoms with Gasteiger partial charge in [0.15, 0.2) is 0 Å². The quantitative estimate of drug-likeness (QED) is 0.515. The fourth-order valence-electron chi connectivity index (χ4n) is 1.58. The number of H-pyrrole nitrogens is 2. The van der Waals surface area contributed by atoms with Gasteiger partial charge in [0, 0.05) is 24.4 Å². The number of aliphatic hydroxyl groups excluding tert-OH is 1. The summed E-state index contributed by atoms with van der Waals surface area (Å²) in [6.45, 7) is 1.91. The molecule has 0 aliphatic rings. The lowest BCUT2D eigenvalue weighted by Crippen LogP contribution is -2.35. The van der Waals surface area contributed by atoms with Crippen LogP contribution in [0.1, 0.15) is 25.5 Å². The first-order valence-electron chi connectivity index (χ1n) is 5.74. The number of aromatic amines is 2. The van der Waals surface area contributed by atoms with E-state index in [0.717, 1.165) is 0 Å². The molecule has 0 bridgehead atoms. The van der Waals surface area contributed by atoms with E-state index in [1.807, 2.05) is 11.9 Å². The molecule has 0 aliphatic carbocycles. The Morgan fingerprint density at radius 3 is 2.78 bits per heavy atom. The van der Waals surface area contributed by atoms with Gasteiger partial charge < -0.3 is 15.4 Å². The second-order valence-electron chi connectivity index (χ2n) is 4.12. The first kappa shape index (κ1) is 14.2. The van der Waals surface area contributed by atoms with E-state index in [2.05, 4.69) is 10.3 Å². The predicted molar refractivity (Wildman–Crippen MR) is 65.3 cm³/mol. The van der Waals surface area contributed by atoms with Gasteiger partial charge in [-0.3, -0.25) is 14.6 Å². The third kappa shape index (κ3) is 4.96. The van der Waals surface area contributed by atoms with Crippen LogP contribution in [0.4, 0.5) is 0 Å². The number of hydrogen-bond donors (Lipinski definition) is 4. The van der Waals surface area contributed by atoms with Crippen LogP contribution in [-0.4, -0.2) is 33.6 Å². The van der Waals surface area contributed by atoms with Crippen molar-refractivity contribution in [2.24, 2.45) is 0 Å². The van der Waals surface area contributed by atoms with Crippen molar-refractivity contribution in [2.45, 2.75) is 32.2 Å². The molecular weight excluding hydrogens is 238 g/mol. The van der Waals surface area contributed by atoms with Crippen molar-refractivity contribution in [3.63, 3.8) is 0 Å². The van der Waals surface area contributed by atoms with Crippen molar-refractivity contribution < 1.29 is 9.90 Å². The number of amides is 1. The third-order valence-electron chi connectivity index (χ3n) is 2.37. The van der Waals surface area contributed by atoms with Gasteiger partial charge in [-0.15, -0.1) is 0 Å². The summed E-state index contributed by atoms with van der Waals surface area (Å²) in [4.78, 5) is 38.0. The van der Waals surface area contributed by atoms with Gasteiger partial charge in [-0.2, -0.15) is 0 Å². The zero-order valence-electron chi connectivity index (χ0n) is 10.2. The SMILES string of the molecule is CC(CCCO)NC(=O)Cc1cc(=O)[nH]c(=O)[nH]1. The van der Waals surface area contributed by atoms with Crippen LogP contribution < -0.4 is 16.6 Å². The largest absolute Gasteiger partial charge is 0.396 e. The molecular formula is C11H17N3O4. The number of rotatable bonds is 6. The predicted octanol–water partition coefficient (Wildman–Crippen LogP) is -1.12. The molecule has 0 aliphatic heterocycles. The molecule has 1 heterocycles. The molecule has 0 saturated carbocycles. The molecule has 7 nitrogen and oxygen atoms in total. The van der Waals surface area contributed by atoms with Crippen molar-refractivity contribution in [1.29, 1.82) is 0 Å². The molecule has 100 valence electrons. The van der Waals surface area contributed by atoms with Crippen LogP contribution in [0, 0.1) is 0 Å². The maximum atomic E-state index is 11.6. The summed E-state index contributed by atoms with van der Waals surface area (Å²) in [5, 5.41) is 11.4. The molecule has 1 rings (SSSR count). The van der Waals surface area contributed by atoms with Crippen LogP contribution in [0.2, 0.25) is 0 Å². The fourth-order valence-corrected chi connectivity index (χ4v) is 1.58. The second-order valence-corrected chi connectivity index (χ2v) is 4.12. The molecule has 0 fully saturated rings. The first-order valence-corrected chi connectivity index (χ1v) is 5.74. The smallest absolute Gasteiger partial charge is 0.325 e. The van der Waals surface area contributed by atoms with E-state index < -0.39 is 11.2 Å². The van der Waals surface area contributed by atoms with Gasteiger partial charge in [-0.1, -0.05) is 0 Å². The van der Waals surface area contributed by atoms with Gasteiger partial charge in [0.05, 0.1) is 6.42 Å². The summed E-state index contributed by atoms with van der Waals surface area (Å²) >= 11 is 0. The van der Waals surface area contributed by atoms with Crippen LogP contribution in [-0.2, 0) is 11.2 Å². The summed E-state index contributed by atoms with van der Waals surface area (Å²) < 4.78 is 0. The maximum Gasteiger partial charge on any atom is 0.325 e. The van der Waals surface area contributed by atoms with Crippen LogP contribution in [0.3, 0.4) is 0 Å². The number of carbonyl (C=O) groups excluding carboxylic acids is 1. The molecule has 1 aromatic rings. The number of carbonyl (C=O) groups is 1. The average molecular weight is 255 g/mol. The molecule has 1 unspecified atom stereocenters. The zero-order chi connectivity index (χ0) is 13.5. The summed E-state index contributed by atoms with van der Waals surface area (Å²) in [5.74, 6) is -0.276. The van der Waals surface area contributed by atoms with Crippen LogP contribution in [0.15, 0.2) is 15.7 Å². The van der Waals surface area contributed by atoms with Crippen molar-refractivity contribution >= 4 is 5.91 Å². The Bertz CT molecular complexity index is 477. The van der Waals surface area contributed by atoms with Crippen LogP contribution >= 0.6 is 0 Å². The van der Waals surface area contributed by atoms with E-state index in [4.69, 9.17) is 5.11 Å². The fraction of sp³-hybridized carbons (Fsp3) is 0.545. The minimum atomic E-state index is -0.626. The van der Waals surface area contributed by atoms with Gasteiger partial charge in [0.2, 0.25) is 5.91 Å². The van der Waals surface area contributed by atoms with Crippen molar-refractivity contribution in [3.05, 3.63) is 32.6 Å². The Balaban J connectivity index is 2.54. The molecule has 1 aromatic heterocycles. The molecule has 7 heteroatoms. The molecule has 18 heavy (non-hydrogen) atoms.